The lowest BCUT2D eigenvalue weighted by molar-refractivity contribution is 0.555. The van der Waals surface area contributed by atoms with E-state index in [0.29, 0.717) is 16.4 Å². The molecule has 11 heavy (non-hydrogen) atoms. The SMILES string of the molecule is CC(C#N)=C(Cl)c1ccco1. The summed E-state index contributed by atoms with van der Waals surface area (Å²) in [6.07, 6.45) is 1.52. The van der Waals surface area contributed by atoms with E-state index in [1.807, 2.05) is 6.07 Å². The standard InChI is InChI=1S/C8H6ClNO/c1-6(5-10)8(9)7-3-2-4-11-7/h2-4H,1H3. The maximum atomic E-state index is 8.47. The molecule has 1 heterocycles. The van der Waals surface area contributed by atoms with E-state index in [2.05, 4.69) is 0 Å². The number of hydrogen-bond acceptors (Lipinski definition) is 2. The molecule has 0 saturated carbocycles. The van der Waals surface area contributed by atoms with Crippen molar-refractivity contribution in [3.63, 3.8) is 0 Å². The van der Waals surface area contributed by atoms with E-state index >= 15 is 0 Å². The molecular weight excluding hydrogens is 162 g/mol. The smallest absolute Gasteiger partial charge is 0.146 e. The van der Waals surface area contributed by atoms with Crippen molar-refractivity contribution in [2.75, 3.05) is 0 Å². The second-order valence-electron chi connectivity index (χ2n) is 2.03. The van der Waals surface area contributed by atoms with Crippen LogP contribution < -0.4 is 0 Å². The first-order valence-electron chi connectivity index (χ1n) is 3.06. The summed E-state index contributed by atoms with van der Waals surface area (Å²) in [6.45, 7) is 1.64. The average molecular weight is 168 g/mol. The van der Waals surface area contributed by atoms with E-state index in [0.717, 1.165) is 0 Å². The molecular formula is C8H6ClNO. The van der Waals surface area contributed by atoms with Gasteiger partial charge in [0.15, 0.2) is 0 Å². The molecule has 1 aromatic heterocycles. The van der Waals surface area contributed by atoms with Crippen LogP contribution in [0.15, 0.2) is 28.4 Å². The van der Waals surface area contributed by atoms with Crippen LogP contribution in [-0.2, 0) is 0 Å². The molecule has 0 aliphatic carbocycles. The summed E-state index contributed by atoms with van der Waals surface area (Å²) in [5.41, 5.74) is 0.460. The molecule has 56 valence electrons. The topological polar surface area (TPSA) is 36.9 Å². The Balaban J connectivity index is 3.05. The molecule has 2 nitrogen and oxygen atoms in total. The van der Waals surface area contributed by atoms with Gasteiger partial charge in [-0.25, -0.2) is 0 Å². The number of hydrogen-bond donors (Lipinski definition) is 0. The Morgan fingerprint density at radius 2 is 2.45 bits per heavy atom. The van der Waals surface area contributed by atoms with Gasteiger partial charge in [-0.2, -0.15) is 5.26 Å². The van der Waals surface area contributed by atoms with Crippen LogP contribution in [0.5, 0.6) is 0 Å². The van der Waals surface area contributed by atoms with Gasteiger partial charge in [0.1, 0.15) is 5.76 Å². The summed E-state index contributed by atoms with van der Waals surface area (Å²) in [4.78, 5) is 0. The number of allylic oxidation sites excluding steroid dienone is 1. The van der Waals surface area contributed by atoms with Crippen molar-refractivity contribution in [1.29, 1.82) is 5.26 Å². The Hall–Kier alpha value is -1.20. The van der Waals surface area contributed by atoms with Crippen LogP contribution in [-0.4, -0.2) is 0 Å². The largest absolute Gasteiger partial charge is 0.463 e. The highest BCUT2D eigenvalue weighted by molar-refractivity contribution is 6.49. The Bertz CT molecular complexity index is 305. The molecule has 1 aromatic rings. The van der Waals surface area contributed by atoms with Gasteiger partial charge < -0.3 is 4.42 Å². The third-order valence-corrected chi connectivity index (χ3v) is 1.70. The predicted octanol–water partition coefficient (Wildman–Crippen LogP) is 2.77. The molecule has 0 spiro atoms. The second kappa shape index (κ2) is 3.27. The predicted molar refractivity (Wildman–Crippen MR) is 42.8 cm³/mol. The Labute approximate surface area is 69.7 Å². The molecule has 0 bridgehead atoms. The Morgan fingerprint density at radius 3 is 2.91 bits per heavy atom. The van der Waals surface area contributed by atoms with E-state index in [9.17, 15) is 0 Å². The first kappa shape index (κ1) is 7.90. The van der Waals surface area contributed by atoms with Gasteiger partial charge in [0.25, 0.3) is 0 Å². The van der Waals surface area contributed by atoms with Gasteiger partial charge in [0, 0.05) is 5.57 Å². The van der Waals surface area contributed by atoms with Gasteiger partial charge in [-0.1, -0.05) is 11.6 Å². The van der Waals surface area contributed by atoms with Gasteiger partial charge in [0.05, 0.1) is 17.4 Å². The third-order valence-electron chi connectivity index (χ3n) is 1.23. The molecule has 0 radical (unpaired) electrons. The van der Waals surface area contributed by atoms with E-state index in [4.69, 9.17) is 21.3 Å². The molecule has 0 aromatic carbocycles. The van der Waals surface area contributed by atoms with Crippen LogP contribution in [0, 0.1) is 11.3 Å². The fourth-order valence-electron chi connectivity index (χ4n) is 0.637. The number of furan rings is 1. The van der Waals surface area contributed by atoms with E-state index < -0.39 is 0 Å². The van der Waals surface area contributed by atoms with Crippen LogP contribution in [0.3, 0.4) is 0 Å². The summed E-state index contributed by atoms with van der Waals surface area (Å²) < 4.78 is 4.98. The van der Waals surface area contributed by atoms with Gasteiger partial charge >= 0.3 is 0 Å². The number of rotatable bonds is 1. The van der Waals surface area contributed by atoms with Gasteiger partial charge in [-0.3, -0.25) is 0 Å². The monoisotopic (exact) mass is 167 g/mol. The van der Waals surface area contributed by atoms with Crippen molar-refractivity contribution in [3.05, 3.63) is 29.7 Å². The zero-order chi connectivity index (χ0) is 8.27. The normalized spacial score (nSPS) is 12.1. The number of nitrogens with zero attached hydrogens (tertiary/aromatic N) is 1. The van der Waals surface area contributed by atoms with Crippen LogP contribution in [0.4, 0.5) is 0 Å². The minimum absolute atomic E-state index is 0.373. The molecule has 0 amide bonds. The van der Waals surface area contributed by atoms with Crippen molar-refractivity contribution in [1.82, 2.24) is 0 Å². The fourth-order valence-corrected chi connectivity index (χ4v) is 0.787. The summed E-state index contributed by atoms with van der Waals surface area (Å²) in [6, 6.07) is 5.38. The molecule has 0 atom stereocenters. The second-order valence-corrected chi connectivity index (χ2v) is 2.41. The van der Waals surface area contributed by atoms with Crippen LogP contribution >= 0.6 is 11.6 Å². The highest BCUT2D eigenvalue weighted by atomic mass is 35.5. The number of nitriles is 1. The van der Waals surface area contributed by atoms with Crippen molar-refractivity contribution < 1.29 is 4.42 Å². The lowest BCUT2D eigenvalue weighted by atomic mass is 10.3. The van der Waals surface area contributed by atoms with Gasteiger partial charge in [-0.05, 0) is 19.1 Å². The lowest BCUT2D eigenvalue weighted by Gasteiger charge is -1.92. The highest BCUT2D eigenvalue weighted by Gasteiger charge is 2.03. The molecule has 0 unspecified atom stereocenters. The minimum Gasteiger partial charge on any atom is -0.463 e. The third kappa shape index (κ3) is 1.63. The van der Waals surface area contributed by atoms with Crippen molar-refractivity contribution in [2.45, 2.75) is 6.92 Å². The van der Waals surface area contributed by atoms with Crippen molar-refractivity contribution in [3.8, 4) is 6.07 Å². The quantitative estimate of drug-likeness (QED) is 0.603. The molecule has 0 saturated heterocycles. The maximum Gasteiger partial charge on any atom is 0.146 e. The zero-order valence-corrected chi connectivity index (χ0v) is 6.72. The van der Waals surface area contributed by atoms with E-state index in [1.54, 1.807) is 19.1 Å². The summed E-state index contributed by atoms with van der Waals surface area (Å²) in [5.74, 6) is 0.533. The van der Waals surface area contributed by atoms with Gasteiger partial charge in [0.2, 0.25) is 0 Å². The van der Waals surface area contributed by atoms with Gasteiger partial charge in [-0.15, -0.1) is 0 Å². The first-order chi connectivity index (χ1) is 5.25. The average Bonchev–Trinajstić information content (AvgIpc) is 2.53. The van der Waals surface area contributed by atoms with Crippen LogP contribution in [0.1, 0.15) is 12.7 Å². The highest BCUT2D eigenvalue weighted by Crippen LogP contribution is 2.22. The Kier molecular flexibility index (Phi) is 2.35. The lowest BCUT2D eigenvalue weighted by Crippen LogP contribution is -1.75. The molecule has 3 heteroatoms. The van der Waals surface area contributed by atoms with E-state index in [1.165, 1.54) is 6.26 Å². The zero-order valence-electron chi connectivity index (χ0n) is 5.97. The molecule has 0 N–H and O–H groups in total. The molecule has 1 rings (SSSR count). The Morgan fingerprint density at radius 1 is 1.73 bits per heavy atom. The summed E-state index contributed by atoms with van der Waals surface area (Å²) >= 11 is 5.76. The molecule has 0 fully saturated rings. The van der Waals surface area contributed by atoms with Crippen LogP contribution in [0.2, 0.25) is 0 Å². The van der Waals surface area contributed by atoms with Crippen molar-refractivity contribution >= 4 is 16.6 Å². The fraction of sp³-hybridized carbons (Fsp3) is 0.125. The van der Waals surface area contributed by atoms with Crippen LogP contribution in [0.25, 0.3) is 5.03 Å². The van der Waals surface area contributed by atoms with Crippen molar-refractivity contribution in [2.24, 2.45) is 0 Å². The number of halogens is 1. The summed E-state index contributed by atoms with van der Waals surface area (Å²) in [5, 5.41) is 8.84. The minimum atomic E-state index is 0.373. The summed E-state index contributed by atoms with van der Waals surface area (Å²) in [7, 11) is 0. The maximum absolute atomic E-state index is 8.47. The van der Waals surface area contributed by atoms with E-state index in [-0.39, 0.29) is 0 Å². The molecule has 0 aliphatic heterocycles. The molecule has 0 aliphatic rings. The first-order valence-corrected chi connectivity index (χ1v) is 3.44.